The van der Waals surface area contributed by atoms with Gasteiger partial charge in [0.15, 0.2) is 0 Å². The first-order valence-electron chi connectivity index (χ1n) is 5.00. The zero-order chi connectivity index (χ0) is 12.3. The number of carboxylic acid groups (broad SMARTS) is 1. The van der Waals surface area contributed by atoms with Crippen LogP contribution in [-0.2, 0) is 6.54 Å². The molecule has 0 spiro atoms. The molecule has 17 heavy (non-hydrogen) atoms. The van der Waals surface area contributed by atoms with Gasteiger partial charge in [-0.25, -0.2) is 14.8 Å². The lowest BCUT2D eigenvalue weighted by molar-refractivity contribution is 0.0695. The van der Waals surface area contributed by atoms with E-state index in [2.05, 4.69) is 15.3 Å². The van der Waals surface area contributed by atoms with Crippen molar-refractivity contribution in [3.8, 4) is 0 Å². The maximum Gasteiger partial charge on any atom is 0.339 e. The second-order valence-electron chi connectivity index (χ2n) is 3.43. The van der Waals surface area contributed by atoms with Gasteiger partial charge in [0, 0.05) is 11.1 Å². The van der Waals surface area contributed by atoms with Crippen LogP contribution in [0.4, 0.5) is 5.95 Å². The van der Waals surface area contributed by atoms with Crippen molar-refractivity contribution >= 4 is 23.3 Å². The Morgan fingerprint density at radius 1 is 1.59 bits per heavy atom. The smallest absolute Gasteiger partial charge is 0.339 e. The minimum absolute atomic E-state index is 0.131. The van der Waals surface area contributed by atoms with E-state index in [1.807, 2.05) is 17.5 Å². The molecule has 0 radical (unpaired) electrons. The molecule has 0 aromatic carbocycles. The average molecular weight is 249 g/mol. The number of hydrogen-bond acceptors (Lipinski definition) is 5. The van der Waals surface area contributed by atoms with Crippen molar-refractivity contribution in [3.05, 3.63) is 39.8 Å². The third-order valence-corrected chi connectivity index (χ3v) is 3.09. The molecule has 0 unspecified atom stereocenters. The van der Waals surface area contributed by atoms with E-state index in [0.29, 0.717) is 18.2 Å². The Kier molecular flexibility index (Phi) is 3.34. The maximum atomic E-state index is 10.8. The normalized spacial score (nSPS) is 10.2. The summed E-state index contributed by atoms with van der Waals surface area (Å²) in [6.45, 7) is 2.30. The van der Waals surface area contributed by atoms with Gasteiger partial charge in [-0.15, -0.1) is 11.3 Å². The summed E-state index contributed by atoms with van der Waals surface area (Å²) in [5, 5.41) is 13.9. The Morgan fingerprint density at radius 3 is 3.00 bits per heavy atom. The summed E-state index contributed by atoms with van der Waals surface area (Å²) in [5.74, 6) is -0.562. The third kappa shape index (κ3) is 2.79. The number of rotatable bonds is 4. The molecule has 0 atom stereocenters. The van der Waals surface area contributed by atoms with Gasteiger partial charge in [-0.3, -0.25) is 0 Å². The number of carbonyl (C=O) groups is 1. The topological polar surface area (TPSA) is 75.1 Å². The summed E-state index contributed by atoms with van der Waals surface area (Å²) < 4.78 is 0. The molecule has 0 saturated carbocycles. The number of anilines is 1. The van der Waals surface area contributed by atoms with Crippen LogP contribution in [0, 0.1) is 6.92 Å². The van der Waals surface area contributed by atoms with Crippen LogP contribution in [0.3, 0.4) is 0 Å². The first-order valence-corrected chi connectivity index (χ1v) is 5.88. The summed E-state index contributed by atoms with van der Waals surface area (Å²) in [7, 11) is 0. The van der Waals surface area contributed by atoms with Crippen molar-refractivity contribution in [2.45, 2.75) is 13.5 Å². The number of aromatic nitrogens is 2. The number of aromatic carboxylic acids is 1. The van der Waals surface area contributed by atoms with Gasteiger partial charge in [0.1, 0.15) is 0 Å². The third-order valence-electron chi connectivity index (χ3n) is 2.21. The van der Waals surface area contributed by atoms with Crippen LogP contribution in [0.15, 0.2) is 23.7 Å². The van der Waals surface area contributed by atoms with Crippen LogP contribution in [0.5, 0.6) is 0 Å². The quantitative estimate of drug-likeness (QED) is 0.868. The molecule has 2 aromatic rings. The van der Waals surface area contributed by atoms with Gasteiger partial charge in [-0.1, -0.05) is 6.07 Å². The number of aryl methyl sites for hydroxylation is 1. The minimum atomic E-state index is -1.01. The van der Waals surface area contributed by atoms with E-state index in [4.69, 9.17) is 5.11 Å². The van der Waals surface area contributed by atoms with Gasteiger partial charge < -0.3 is 10.4 Å². The van der Waals surface area contributed by atoms with Gasteiger partial charge in [-0.05, 0) is 18.4 Å². The van der Waals surface area contributed by atoms with Crippen molar-refractivity contribution in [2.24, 2.45) is 0 Å². The van der Waals surface area contributed by atoms with Crippen molar-refractivity contribution in [1.29, 1.82) is 0 Å². The summed E-state index contributed by atoms with van der Waals surface area (Å²) in [4.78, 5) is 20.0. The Morgan fingerprint density at radius 2 is 2.41 bits per heavy atom. The predicted molar refractivity (Wildman–Crippen MR) is 65.4 cm³/mol. The van der Waals surface area contributed by atoms with E-state index in [0.717, 1.165) is 0 Å². The maximum absolute atomic E-state index is 10.8. The summed E-state index contributed by atoms with van der Waals surface area (Å²) >= 11 is 1.64. The van der Waals surface area contributed by atoms with E-state index in [-0.39, 0.29) is 5.56 Å². The lowest BCUT2D eigenvalue weighted by Crippen LogP contribution is -2.08. The number of carboxylic acids is 1. The lowest BCUT2D eigenvalue weighted by atomic mass is 10.2. The predicted octanol–water partition coefficient (Wildman–Crippen LogP) is 2.16. The van der Waals surface area contributed by atoms with Crippen LogP contribution >= 0.6 is 11.3 Å². The minimum Gasteiger partial charge on any atom is -0.478 e. The largest absolute Gasteiger partial charge is 0.478 e. The summed E-state index contributed by atoms with van der Waals surface area (Å²) in [5.41, 5.74) is 0.591. The number of thiophene rings is 1. The molecule has 2 rings (SSSR count). The van der Waals surface area contributed by atoms with Crippen LogP contribution in [0.25, 0.3) is 0 Å². The number of nitrogens with one attached hydrogen (secondary N) is 1. The number of nitrogens with zero attached hydrogens (tertiary/aromatic N) is 2. The zero-order valence-electron chi connectivity index (χ0n) is 9.17. The molecule has 6 heteroatoms. The Balaban J connectivity index is 2.07. The summed E-state index contributed by atoms with van der Waals surface area (Å²) in [6.07, 6.45) is 1.32. The second kappa shape index (κ2) is 4.92. The Hall–Kier alpha value is -1.95. The highest BCUT2D eigenvalue weighted by Gasteiger charge is 2.09. The van der Waals surface area contributed by atoms with Crippen LogP contribution in [0.2, 0.25) is 0 Å². The van der Waals surface area contributed by atoms with Crippen molar-refractivity contribution in [2.75, 3.05) is 5.32 Å². The van der Waals surface area contributed by atoms with Gasteiger partial charge >= 0.3 is 5.97 Å². The zero-order valence-corrected chi connectivity index (χ0v) is 9.99. The molecule has 5 nitrogen and oxygen atoms in total. The van der Waals surface area contributed by atoms with Crippen LogP contribution in [0.1, 0.15) is 20.9 Å². The Bertz CT molecular complexity index is 526. The van der Waals surface area contributed by atoms with E-state index >= 15 is 0 Å². The fourth-order valence-corrected chi connectivity index (χ4v) is 1.99. The summed E-state index contributed by atoms with van der Waals surface area (Å²) in [6, 6.07) is 3.98. The first kappa shape index (κ1) is 11.5. The van der Waals surface area contributed by atoms with Gasteiger partial charge in [0.2, 0.25) is 5.95 Å². The van der Waals surface area contributed by atoms with Gasteiger partial charge in [0.25, 0.3) is 0 Å². The molecular formula is C11H11N3O2S. The molecule has 2 heterocycles. The molecule has 0 saturated heterocycles. The van der Waals surface area contributed by atoms with Crippen LogP contribution in [-0.4, -0.2) is 21.0 Å². The van der Waals surface area contributed by atoms with E-state index in [1.54, 1.807) is 18.3 Å². The molecule has 0 aliphatic heterocycles. The molecule has 0 aliphatic carbocycles. The average Bonchev–Trinajstić information content (AvgIpc) is 2.78. The lowest BCUT2D eigenvalue weighted by Gasteiger charge is -2.05. The Labute approximate surface area is 102 Å². The molecule has 2 N–H and O–H groups in total. The fourth-order valence-electron chi connectivity index (χ4n) is 1.34. The highest BCUT2D eigenvalue weighted by Crippen LogP contribution is 2.11. The monoisotopic (exact) mass is 249 g/mol. The SMILES string of the molecule is Cc1nc(NCc2cccs2)ncc1C(=O)O. The first-order chi connectivity index (χ1) is 8.16. The van der Waals surface area contributed by atoms with Crippen molar-refractivity contribution in [3.63, 3.8) is 0 Å². The molecule has 0 aliphatic rings. The van der Waals surface area contributed by atoms with E-state index < -0.39 is 5.97 Å². The molecular weight excluding hydrogens is 238 g/mol. The number of hydrogen-bond donors (Lipinski definition) is 2. The molecule has 0 bridgehead atoms. The van der Waals surface area contributed by atoms with Crippen molar-refractivity contribution < 1.29 is 9.90 Å². The molecule has 88 valence electrons. The second-order valence-corrected chi connectivity index (χ2v) is 4.46. The highest BCUT2D eigenvalue weighted by molar-refractivity contribution is 7.09. The fraction of sp³-hybridized carbons (Fsp3) is 0.182. The molecule has 0 amide bonds. The van der Waals surface area contributed by atoms with Crippen LogP contribution < -0.4 is 5.32 Å². The van der Waals surface area contributed by atoms with Crippen molar-refractivity contribution in [1.82, 2.24) is 9.97 Å². The molecule has 0 fully saturated rings. The van der Waals surface area contributed by atoms with E-state index in [1.165, 1.54) is 11.1 Å². The molecule has 2 aromatic heterocycles. The van der Waals surface area contributed by atoms with Gasteiger partial charge in [0.05, 0.1) is 17.8 Å². The standard InChI is InChI=1S/C11H11N3O2S/c1-7-9(10(15)16)6-13-11(14-7)12-5-8-3-2-4-17-8/h2-4,6H,5H2,1H3,(H,15,16)(H,12,13,14). The van der Waals surface area contributed by atoms with Gasteiger partial charge in [-0.2, -0.15) is 0 Å². The van der Waals surface area contributed by atoms with E-state index in [9.17, 15) is 4.79 Å². The highest BCUT2D eigenvalue weighted by atomic mass is 32.1.